The molecule has 0 fully saturated rings. The van der Waals surface area contributed by atoms with Gasteiger partial charge in [0.25, 0.3) is 0 Å². The maximum absolute atomic E-state index is 10.2. The number of carbonyl (C=O) groups is 1. The van der Waals surface area contributed by atoms with Crippen molar-refractivity contribution in [2.75, 3.05) is 0 Å². The average molecular weight is 270 g/mol. The Balaban J connectivity index is 3.20. The second-order valence-corrected chi connectivity index (χ2v) is 5.24. The Morgan fingerprint density at radius 3 is 1.89 bits per heavy atom. The van der Waals surface area contributed by atoms with Crippen molar-refractivity contribution in [1.29, 1.82) is 0 Å². The molecule has 0 aliphatic heterocycles. The normalized spacial score (nSPS) is 12.9. The van der Waals surface area contributed by atoms with Crippen LogP contribution in [-0.2, 0) is 4.79 Å². The smallest absolute Gasteiger partial charge is 0.328 e. The van der Waals surface area contributed by atoms with Gasteiger partial charge in [-0.05, 0) is 12.5 Å². The number of rotatable bonds is 13. The van der Waals surface area contributed by atoms with E-state index in [1.165, 1.54) is 57.4 Å². The summed E-state index contributed by atoms with van der Waals surface area (Å²) in [6.45, 7) is 2.24. The molecule has 0 radical (unpaired) electrons. The highest BCUT2D eigenvalue weighted by molar-refractivity contribution is 5.79. The fourth-order valence-corrected chi connectivity index (χ4v) is 2.13. The van der Waals surface area contributed by atoms with Gasteiger partial charge < -0.3 is 10.2 Å². The minimum absolute atomic E-state index is 0.606. The molecular weight excluding hydrogens is 240 g/mol. The quantitative estimate of drug-likeness (QED) is 0.387. The van der Waals surface area contributed by atoms with Gasteiger partial charge in [-0.2, -0.15) is 0 Å². The van der Waals surface area contributed by atoms with E-state index in [0.717, 1.165) is 18.9 Å². The fourth-order valence-electron chi connectivity index (χ4n) is 2.13. The summed E-state index contributed by atoms with van der Waals surface area (Å²) in [7, 11) is 0. The van der Waals surface area contributed by atoms with Crippen LogP contribution >= 0.6 is 0 Å². The van der Waals surface area contributed by atoms with Gasteiger partial charge in [0.2, 0.25) is 0 Å². The summed E-state index contributed by atoms with van der Waals surface area (Å²) in [6.07, 6.45) is 15.1. The Morgan fingerprint density at radius 2 is 1.42 bits per heavy atom. The van der Waals surface area contributed by atoms with Crippen molar-refractivity contribution >= 4 is 5.97 Å². The number of hydrogen-bond acceptors (Lipinski definition) is 2. The van der Waals surface area contributed by atoms with Crippen molar-refractivity contribution < 1.29 is 15.0 Å². The van der Waals surface area contributed by atoms with E-state index in [9.17, 15) is 9.90 Å². The van der Waals surface area contributed by atoms with E-state index in [1.807, 2.05) is 0 Å². The Hall–Kier alpha value is -0.830. The van der Waals surface area contributed by atoms with Crippen molar-refractivity contribution in [3.05, 3.63) is 12.2 Å². The highest BCUT2D eigenvalue weighted by Gasteiger charge is 2.00. The highest BCUT2D eigenvalue weighted by Crippen LogP contribution is 2.12. The summed E-state index contributed by atoms with van der Waals surface area (Å²) in [4.78, 5) is 10.2. The predicted molar refractivity (Wildman–Crippen MR) is 79.2 cm³/mol. The second kappa shape index (κ2) is 13.6. The van der Waals surface area contributed by atoms with E-state index in [0.29, 0.717) is 6.42 Å². The molecule has 0 aliphatic carbocycles. The third kappa shape index (κ3) is 15.1. The SMILES string of the molecule is CCCCCCCCCCCCC(O)/C=C/C(=O)O. The van der Waals surface area contributed by atoms with Crippen LogP contribution in [0.5, 0.6) is 0 Å². The Kier molecular flexibility index (Phi) is 13.0. The Bertz CT molecular complexity index is 236. The lowest BCUT2D eigenvalue weighted by atomic mass is 10.0. The number of aliphatic carboxylic acids is 1. The number of hydrogen-bond donors (Lipinski definition) is 2. The van der Waals surface area contributed by atoms with Crippen LogP contribution in [0, 0.1) is 0 Å². The topological polar surface area (TPSA) is 57.5 Å². The van der Waals surface area contributed by atoms with Crippen LogP contribution in [0.15, 0.2) is 12.2 Å². The second-order valence-electron chi connectivity index (χ2n) is 5.24. The van der Waals surface area contributed by atoms with Gasteiger partial charge in [0, 0.05) is 6.08 Å². The number of carboxylic acids is 1. The first-order chi connectivity index (χ1) is 9.16. The lowest BCUT2D eigenvalue weighted by Crippen LogP contribution is -2.03. The van der Waals surface area contributed by atoms with Crippen LogP contribution in [0.2, 0.25) is 0 Å². The molecule has 2 N–H and O–H groups in total. The molecule has 0 bridgehead atoms. The molecule has 0 aromatic heterocycles. The number of aliphatic hydroxyl groups excluding tert-OH is 1. The molecule has 0 spiro atoms. The molecule has 3 nitrogen and oxygen atoms in total. The zero-order valence-corrected chi connectivity index (χ0v) is 12.3. The van der Waals surface area contributed by atoms with Gasteiger partial charge >= 0.3 is 5.97 Å². The summed E-state index contributed by atoms with van der Waals surface area (Å²) in [5, 5.41) is 17.9. The summed E-state index contributed by atoms with van der Waals surface area (Å²) in [6, 6.07) is 0. The first-order valence-electron chi connectivity index (χ1n) is 7.76. The summed E-state index contributed by atoms with van der Waals surface area (Å²) in [5.41, 5.74) is 0. The van der Waals surface area contributed by atoms with E-state index < -0.39 is 12.1 Å². The van der Waals surface area contributed by atoms with E-state index in [-0.39, 0.29) is 0 Å². The van der Waals surface area contributed by atoms with E-state index >= 15 is 0 Å². The standard InChI is InChI=1S/C16H30O3/c1-2-3-4-5-6-7-8-9-10-11-12-15(17)13-14-16(18)19/h13-15,17H,2-12H2,1H3,(H,18,19)/b14-13+. The monoisotopic (exact) mass is 270 g/mol. The third-order valence-electron chi connectivity index (χ3n) is 3.31. The molecule has 1 unspecified atom stereocenters. The molecule has 0 aromatic rings. The van der Waals surface area contributed by atoms with E-state index in [2.05, 4.69) is 6.92 Å². The lowest BCUT2D eigenvalue weighted by molar-refractivity contribution is -0.131. The molecule has 1 atom stereocenters. The Morgan fingerprint density at radius 1 is 0.947 bits per heavy atom. The number of unbranched alkanes of at least 4 members (excludes halogenated alkanes) is 9. The van der Waals surface area contributed by atoms with Crippen LogP contribution in [0.4, 0.5) is 0 Å². The minimum Gasteiger partial charge on any atom is -0.478 e. The minimum atomic E-state index is -0.998. The number of aliphatic hydroxyl groups is 1. The van der Waals surface area contributed by atoms with Gasteiger partial charge in [0.1, 0.15) is 0 Å². The summed E-state index contributed by atoms with van der Waals surface area (Å²) in [5.74, 6) is -0.998. The van der Waals surface area contributed by atoms with Crippen LogP contribution in [0.25, 0.3) is 0 Å². The van der Waals surface area contributed by atoms with Crippen LogP contribution in [0.3, 0.4) is 0 Å². The van der Waals surface area contributed by atoms with Crippen molar-refractivity contribution in [3.63, 3.8) is 0 Å². The van der Waals surface area contributed by atoms with Gasteiger partial charge in [0.05, 0.1) is 6.10 Å². The molecule has 0 saturated heterocycles. The zero-order chi connectivity index (χ0) is 14.3. The molecule has 112 valence electrons. The van der Waals surface area contributed by atoms with E-state index in [1.54, 1.807) is 0 Å². The summed E-state index contributed by atoms with van der Waals surface area (Å²) < 4.78 is 0. The highest BCUT2D eigenvalue weighted by atomic mass is 16.4. The molecule has 0 heterocycles. The largest absolute Gasteiger partial charge is 0.478 e. The number of carboxylic acid groups (broad SMARTS) is 1. The van der Waals surface area contributed by atoms with Crippen molar-refractivity contribution in [2.45, 2.75) is 83.7 Å². The van der Waals surface area contributed by atoms with Crippen LogP contribution < -0.4 is 0 Å². The molecule has 0 amide bonds. The third-order valence-corrected chi connectivity index (χ3v) is 3.31. The first-order valence-corrected chi connectivity index (χ1v) is 7.76. The van der Waals surface area contributed by atoms with Crippen molar-refractivity contribution in [2.24, 2.45) is 0 Å². The van der Waals surface area contributed by atoms with Crippen molar-refractivity contribution in [1.82, 2.24) is 0 Å². The summed E-state index contributed by atoms with van der Waals surface area (Å²) >= 11 is 0. The van der Waals surface area contributed by atoms with Crippen LogP contribution in [-0.4, -0.2) is 22.3 Å². The van der Waals surface area contributed by atoms with Gasteiger partial charge in [-0.25, -0.2) is 4.79 Å². The molecule has 3 heteroatoms. The first kappa shape index (κ1) is 18.2. The fraction of sp³-hybridized carbons (Fsp3) is 0.812. The predicted octanol–water partition coefficient (Wildman–Crippen LogP) is 4.30. The maximum Gasteiger partial charge on any atom is 0.328 e. The van der Waals surface area contributed by atoms with Crippen molar-refractivity contribution in [3.8, 4) is 0 Å². The van der Waals surface area contributed by atoms with E-state index in [4.69, 9.17) is 5.11 Å². The Labute approximate surface area is 117 Å². The lowest BCUT2D eigenvalue weighted by Gasteiger charge is -2.05. The molecular formula is C16H30O3. The molecule has 0 saturated carbocycles. The van der Waals surface area contributed by atoms with Gasteiger partial charge in [0.15, 0.2) is 0 Å². The van der Waals surface area contributed by atoms with Crippen LogP contribution in [0.1, 0.15) is 77.6 Å². The van der Waals surface area contributed by atoms with Gasteiger partial charge in [-0.15, -0.1) is 0 Å². The molecule has 19 heavy (non-hydrogen) atoms. The zero-order valence-electron chi connectivity index (χ0n) is 12.3. The van der Waals surface area contributed by atoms with Gasteiger partial charge in [-0.3, -0.25) is 0 Å². The molecule has 0 aliphatic rings. The maximum atomic E-state index is 10.2. The van der Waals surface area contributed by atoms with Gasteiger partial charge in [-0.1, -0.05) is 71.1 Å². The molecule has 0 rings (SSSR count). The molecule has 0 aromatic carbocycles. The average Bonchev–Trinajstić information content (AvgIpc) is 2.38.